The van der Waals surface area contributed by atoms with E-state index >= 15 is 0 Å². The van der Waals surface area contributed by atoms with E-state index in [0.29, 0.717) is 0 Å². The van der Waals surface area contributed by atoms with Gasteiger partial charge in [0.15, 0.2) is 6.10 Å². The number of imidazole rings is 1. The van der Waals surface area contributed by atoms with Crippen molar-refractivity contribution in [1.82, 2.24) is 9.55 Å². The fourth-order valence-electron chi connectivity index (χ4n) is 2.16. The fourth-order valence-corrected chi connectivity index (χ4v) is 2.16. The van der Waals surface area contributed by atoms with Crippen LogP contribution in [0.2, 0.25) is 0 Å². The zero-order valence-electron chi connectivity index (χ0n) is 14.1. The fraction of sp³-hybridized carbons (Fsp3) is 0.375. The molecule has 0 bridgehead atoms. The zero-order chi connectivity index (χ0) is 19.6. The lowest BCUT2D eigenvalue weighted by Gasteiger charge is -2.20. The molecule has 142 valence electrons. The van der Waals surface area contributed by atoms with Gasteiger partial charge in [0, 0.05) is 18.8 Å². The standard InChI is InChI=1S/C16H16F4N2O4/c1-8(16(18,19)20)26-13-5-9(11(17)4-10(13)15(24)25-3)12-6-22(2)14(7-23)21-12/h4-6,8,23H,7H2,1-3H3/t8-/m0/s1. The van der Waals surface area contributed by atoms with Crippen molar-refractivity contribution in [2.75, 3.05) is 7.11 Å². The molecular weight excluding hydrogens is 360 g/mol. The van der Waals surface area contributed by atoms with E-state index in [1.165, 1.54) is 10.8 Å². The predicted octanol–water partition coefficient (Wildman–Crippen LogP) is 2.83. The highest BCUT2D eigenvalue weighted by Gasteiger charge is 2.39. The maximum absolute atomic E-state index is 14.4. The largest absolute Gasteiger partial charge is 0.480 e. The topological polar surface area (TPSA) is 73.6 Å². The number of alkyl halides is 3. The number of hydrogen-bond acceptors (Lipinski definition) is 5. The number of benzene rings is 1. The normalized spacial score (nSPS) is 12.8. The molecule has 1 aromatic heterocycles. The average Bonchev–Trinajstić information content (AvgIpc) is 2.95. The van der Waals surface area contributed by atoms with Crippen LogP contribution in [0.3, 0.4) is 0 Å². The number of aliphatic hydroxyl groups is 1. The van der Waals surface area contributed by atoms with Crippen LogP contribution in [0.25, 0.3) is 11.3 Å². The molecule has 0 aliphatic rings. The first-order chi connectivity index (χ1) is 12.1. The molecule has 2 rings (SSSR count). The van der Waals surface area contributed by atoms with Crippen molar-refractivity contribution in [3.05, 3.63) is 35.5 Å². The molecule has 0 amide bonds. The van der Waals surface area contributed by atoms with Crippen molar-refractivity contribution < 1.29 is 36.9 Å². The molecule has 1 atom stereocenters. The molecule has 6 nitrogen and oxygen atoms in total. The number of hydrogen-bond donors (Lipinski definition) is 1. The Bertz CT molecular complexity index is 817. The number of esters is 1. The van der Waals surface area contributed by atoms with Gasteiger partial charge in [0.25, 0.3) is 0 Å². The molecule has 0 aliphatic heterocycles. The number of halogens is 4. The Labute approximate surface area is 146 Å². The molecule has 0 unspecified atom stereocenters. The molecule has 0 radical (unpaired) electrons. The van der Waals surface area contributed by atoms with Crippen molar-refractivity contribution in [3.63, 3.8) is 0 Å². The zero-order valence-corrected chi connectivity index (χ0v) is 14.1. The van der Waals surface area contributed by atoms with E-state index < -0.39 is 42.0 Å². The minimum atomic E-state index is -4.68. The number of ether oxygens (including phenoxy) is 2. The van der Waals surface area contributed by atoms with Crippen molar-refractivity contribution in [2.24, 2.45) is 7.05 Å². The van der Waals surface area contributed by atoms with E-state index in [2.05, 4.69) is 9.72 Å². The number of carbonyl (C=O) groups excluding carboxylic acids is 1. The van der Waals surface area contributed by atoms with Gasteiger partial charge in [0.1, 0.15) is 29.6 Å². The molecule has 1 aromatic carbocycles. The van der Waals surface area contributed by atoms with Gasteiger partial charge >= 0.3 is 12.1 Å². The SMILES string of the molecule is COC(=O)c1cc(F)c(-c2cn(C)c(CO)n2)cc1O[C@@H](C)C(F)(F)F. The number of rotatable bonds is 5. The van der Waals surface area contributed by atoms with Gasteiger partial charge in [0.05, 0.1) is 12.8 Å². The van der Waals surface area contributed by atoms with Crippen molar-refractivity contribution in [1.29, 1.82) is 0 Å². The summed E-state index contributed by atoms with van der Waals surface area (Å²) >= 11 is 0. The highest BCUT2D eigenvalue weighted by atomic mass is 19.4. The van der Waals surface area contributed by atoms with E-state index in [4.69, 9.17) is 4.74 Å². The van der Waals surface area contributed by atoms with Gasteiger partial charge in [-0.2, -0.15) is 13.2 Å². The molecule has 2 aromatic rings. The summed E-state index contributed by atoms with van der Waals surface area (Å²) in [6.45, 7) is 0.349. The van der Waals surface area contributed by atoms with Crippen LogP contribution in [-0.4, -0.2) is 40.0 Å². The van der Waals surface area contributed by atoms with Gasteiger partial charge in [0.2, 0.25) is 0 Å². The third-order valence-electron chi connectivity index (χ3n) is 3.63. The summed E-state index contributed by atoms with van der Waals surface area (Å²) in [7, 11) is 2.57. The third kappa shape index (κ3) is 3.96. The van der Waals surface area contributed by atoms with Crippen LogP contribution in [-0.2, 0) is 18.4 Å². The second-order valence-corrected chi connectivity index (χ2v) is 5.43. The van der Waals surface area contributed by atoms with Gasteiger partial charge in [-0.25, -0.2) is 14.2 Å². The van der Waals surface area contributed by atoms with Crippen LogP contribution in [0.4, 0.5) is 17.6 Å². The molecule has 1 heterocycles. The number of carbonyl (C=O) groups is 1. The Morgan fingerprint density at radius 3 is 2.54 bits per heavy atom. The Morgan fingerprint density at radius 1 is 1.38 bits per heavy atom. The molecule has 0 fully saturated rings. The quantitative estimate of drug-likeness (QED) is 0.642. The highest BCUT2D eigenvalue weighted by molar-refractivity contribution is 5.93. The number of aromatic nitrogens is 2. The lowest BCUT2D eigenvalue weighted by atomic mass is 10.1. The Morgan fingerprint density at radius 2 is 2.04 bits per heavy atom. The monoisotopic (exact) mass is 376 g/mol. The van der Waals surface area contributed by atoms with Crippen LogP contribution in [0, 0.1) is 5.82 Å². The van der Waals surface area contributed by atoms with Crippen molar-refractivity contribution >= 4 is 5.97 Å². The van der Waals surface area contributed by atoms with Crippen LogP contribution in [0.1, 0.15) is 23.1 Å². The van der Waals surface area contributed by atoms with E-state index in [9.17, 15) is 27.5 Å². The second-order valence-electron chi connectivity index (χ2n) is 5.43. The third-order valence-corrected chi connectivity index (χ3v) is 3.63. The first kappa shape index (κ1) is 19.7. The van der Waals surface area contributed by atoms with Gasteiger partial charge in [-0.1, -0.05) is 0 Å². The molecule has 0 aliphatic carbocycles. The molecule has 0 saturated heterocycles. The van der Waals surface area contributed by atoms with Crippen LogP contribution in [0.15, 0.2) is 18.3 Å². The summed E-state index contributed by atoms with van der Waals surface area (Å²) in [5.41, 5.74) is -0.601. The Hall–Kier alpha value is -2.62. The number of aliphatic hydroxyl groups excluding tert-OH is 1. The average molecular weight is 376 g/mol. The maximum atomic E-state index is 14.4. The summed E-state index contributed by atoms with van der Waals surface area (Å²) in [6, 6.07) is 1.68. The molecule has 1 N–H and O–H groups in total. The van der Waals surface area contributed by atoms with Gasteiger partial charge < -0.3 is 19.1 Å². The molecule has 0 saturated carbocycles. The Balaban J connectivity index is 2.57. The first-order valence-electron chi connectivity index (χ1n) is 7.37. The van der Waals surface area contributed by atoms with E-state index in [0.717, 1.165) is 26.2 Å². The van der Waals surface area contributed by atoms with Crippen molar-refractivity contribution in [2.45, 2.75) is 25.8 Å². The lowest BCUT2D eigenvalue weighted by molar-refractivity contribution is -0.189. The molecule has 0 spiro atoms. The summed E-state index contributed by atoms with van der Waals surface area (Å²) in [5.74, 6) is -2.21. The van der Waals surface area contributed by atoms with Crippen molar-refractivity contribution in [3.8, 4) is 17.0 Å². The molecule has 10 heteroatoms. The lowest BCUT2D eigenvalue weighted by Crippen LogP contribution is -2.31. The van der Waals surface area contributed by atoms with E-state index in [1.54, 1.807) is 7.05 Å². The summed E-state index contributed by atoms with van der Waals surface area (Å²) in [6.07, 6.45) is -5.53. The maximum Gasteiger partial charge on any atom is 0.425 e. The first-order valence-corrected chi connectivity index (χ1v) is 7.37. The van der Waals surface area contributed by atoms with Crippen LogP contribution >= 0.6 is 0 Å². The highest BCUT2D eigenvalue weighted by Crippen LogP contribution is 2.33. The minimum absolute atomic E-state index is 0.0648. The minimum Gasteiger partial charge on any atom is -0.480 e. The predicted molar refractivity (Wildman–Crippen MR) is 82.0 cm³/mol. The van der Waals surface area contributed by atoms with E-state index in [1.807, 2.05) is 0 Å². The number of methoxy groups -OCH3 is 1. The smallest absolute Gasteiger partial charge is 0.425 e. The summed E-state index contributed by atoms with van der Waals surface area (Å²) in [5, 5.41) is 9.17. The number of nitrogens with zero attached hydrogens (tertiary/aromatic N) is 2. The summed E-state index contributed by atoms with van der Waals surface area (Å²) in [4.78, 5) is 15.8. The summed E-state index contributed by atoms with van der Waals surface area (Å²) < 4.78 is 63.6. The van der Waals surface area contributed by atoms with Gasteiger partial charge in [-0.15, -0.1) is 0 Å². The Kier molecular flexibility index (Phi) is 5.55. The van der Waals surface area contributed by atoms with Crippen LogP contribution < -0.4 is 4.74 Å². The number of aryl methyl sites for hydroxylation is 1. The van der Waals surface area contributed by atoms with Gasteiger partial charge in [-0.3, -0.25) is 0 Å². The van der Waals surface area contributed by atoms with Crippen LogP contribution in [0.5, 0.6) is 5.75 Å². The molecular formula is C16H16F4N2O4. The van der Waals surface area contributed by atoms with Gasteiger partial charge in [-0.05, 0) is 19.1 Å². The van der Waals surface area contributed by atoms with E-state index in [-0.39, 0.29) is 17.1 Å². The molecule has 26 heavy (non-hydrogen) atoms. The second kappa shape index (κ2) is 7.32.